The maximum atomic E-state index is 11.3. The second kappa shape index (κ2) is 6.90. The Bertz CT molecular complexity index is 395. The number of ether oxygens (including phenoxy) is 1. The third kappa shape index (κ3) is 4.67. The van der Waals surface area contributed by atoms with Gasteiger partial charge >= 0.3 is 5.97 Å². The summed E-state index contributed by atoms with van der Waals surface area (Å²) in [6.07, 6.45) is 2.53. The van der Waals surface area contributed by atoms with Crippen LogP contribution in [0.15, 0.2) is 12.3 Å². The first-order valence-electron chi connectivity index (χ1n) is 5.85. The van der Waals surface area contributed by atoms with Crippen LogP contribution in [0.1, 0.15) is 24.0 Å². The lowest BCUT2D eigenvalue weighted by atomic mass is 10.2. The average molecular weight is 252 g/mol. The van der Waals surface area contributed by atoms with Crippen LogP contribution in [0.3, 0.4) is 0 Å². The van der Waals surface area contributed by atoms with Crippen molar-refractivity contribution in [3.8, 4) is 0 Å². The molecule has 100 valence electrons. The van der Waals surface area contributed by atoms with E-state index >= 15 is 0 Å². The van der Waals surface area contributed by atoms with E-state index in [1.54, 1.807) is 12.3 Å². The van der Waals surface area contributed by atoms with Crippen molar-refractivity contribution in [2.24, 2.45) is 0 Å². The topological polar surface area (TPSA) is 67.3 Å². The number of nitrogens with zero attached hydrogens (tertiary/aromatic N) is 3. The molecular weight excluding hydrogens is 232 g/mol. The smallest absolute Gasteiger partial charge is 0.376 e. The molecule has 6 heteroatoms. The van der Waals surface area contributed by atoms with Gasteiger partial charge in [0.05, 0.1) is 7.11 Å². The Morgan fingerprint density at radius 2 is 2.28 bits per heavy atom. The predicted octanol–water partition coefficient (Wildman–Crippen LogP) is 1.02. The van der Waals surface area contributed by atoms with Crippen molar-refractivity contribution in [2.45, 2.75) is 19.4 Å². The molecule has 0 amide bonds. The zero-order valence-corrected chi connectivity index (χ0v) is 11.3. The van der Waals surface area contributed by atoms with E-state index in [-0.39, 0.29) is 11.9 Å². The molecule has 1 heterocycles. The summed E-state index contributed by atoms with van der Waals surface area (Å²) in [5, 5.41) is 3.23. The van der Waals surface area contributed by atoms with Crippen molar-refractivity contribution >= 4 is 11.8 Å². The molecule has 0 aromatic carbocycles. The van der Waals surface area contributed by atoms with Gasteiger partial charge < -0.3 is 15.0 Å². The van der Waals surface area contributed by atoms with E-state index in [1.807, 2.05) is 14.1 Å². The van der Waals surface area contributed by atoms with Crippen molar-refractivity contribution in [2.75, 3.05) is 33.1 Å². The van der Waals surface area contributed by atoms with Crippen molar-refractivity contribution in [1.29, 1.82) is 0 Å². The van der Waals surface area contributed by atoms with Crippen LogP contribution in [0.25, 0.3) is 0 Å². The van der Waals surface area contributed by atoms with E-state index in [4.69, 9.17) is 0 Å². The van der Waals surface area contributed by atoms with Crippen LogP contribution in [0.2, 0.25) is 0 Å². The number of nitrogens with one attached hydrogen (secondary N) is 1. The second-order valence-corrected chi connectivity index (χ2v) is 4.39. The first-order chi connectivity index (χ1) is 8.52. The molecule has 18 heavy (non-hydrogen) atoms. The standard InChI is InChI=1S/C12H20N4O2/c1-9(6-8-16(2)3)14-10-5-7-13-11(15-10)12(17)18-4/h5,7,9H,6,8H2,1-4H3,(H,13,14,15). The summed E-state index contributed by atoms with van der Waals surface area (Å²) in [6.45, 7) is 3.06. The van der Waals surface area contributed by atoms with Gasteiger partial charge in [0.15, 0.2) is 0 Å². The van der Waals surface area contributed by atoms with Gasteiger partial charge in [0, 0.05) is 12.2 Å². The van der Waals surface area contributed by atoms with E-state index in [0.717, 1.165) is 13.0 Å². The Kier molecular flexibility index (Phi) is 5.51. The van der Waals surface area contributed by atoms with E-state index in [1.165, 1.54) is 7.11 Å². The molecule has 1 atom stereocenters. The zero-order valence-electron chi connectivity index (χ0n) is 11.3. The molecule has 1 rings (SSSR count). The van der Waals surface area contributed by atoms with Crippen LogP contribution >= 0.6 is 0 Å². The molecular formula is C12H20N4O2. The van der Waals surface area contributed by atoms with Crippen LogP contribution in [0.4, 0.5) is 5.82 Å². The Morgan fingerprint density at radius 1 is 1.56 bits per heavy atom. The SMILES string of the molecule is COC(=O)c1nccc(NC(C)CCN(C)C)n1. The Hall–Kier alpha value is -1.69. The first-order valence-corrected chi connectivity index (χ1v) is 5.85. The van der Waals surface area contributed by atoms with Crippen LogP contribution < -0.4 is 5.32 Å². The maximum absolute atomic E-state index is 11.3. The van der Waals surface area contributed by atoms with Gasteiger partial charge in [-0.1, -0.05) is 0 Å². The monoisotopic (exact) mass is 252 g/mol. The molecule has 6 nitrogen and oxygen atoms in total. The maximum Gasteiger partial charge on any atom is 0.376 e. The minimum Gasteiger partial charge on any atom is -0.463 e. The van der Waals surface area contributed by atoms with Gasteiger partial charge in [-0.15, -0.1) is 0 Å². The summed E-state index contributed by atoms with van der Waals surface area (Å²) in [4.78, 5) is 21.4. The summed E-state index contributed by atoms with van der Waals surface area (Å²) in [5.41, 5.74) is 0. The van der Waals surface area contributed by atoms with Crippen LogP contribution in [0.5, 0.6) is 0 Å². The van der Waals surface area contributed by atoms with Crippen molar-refractivity contribution < 1.29 is 9.53 Å². The van der Waals surface area contributed by atoms with Gasteiger partial charge in [-0.3, -0.25) is 0 Å². The number of methoxy groups -OCH3 is 1. The highest BCUT2D eigenvalue weighted by Crippen LogP contribution is 2.06. The Morgan fingerprint density at radius 3 is 2.89 bits per heavy atom. The number of carbonyl (C=O) groups excluding carboxylic acids is 1. The lowest BCUT2D eigenvalue weighted by Gasteiger charge is -2.17. The molecule has 0 saturated carbocycles. The molecule has 0 spiro atoms. The summed E-state index contributed by atoms with van der Waals surface area (Å²) >= 11 is 0. The fourth-order valence-electron chi connectivity index (χ4n) is 1.41. The third-order valence-corrected chi connectivity index (χ3v) is 2.43. The molecule has 0 aliphatic heterocycles. The van der Waals surface area contributed by atoms with Crippen LogP contribution in [-0.2, 0) is 4.74 Å². The van der Waals surface area contributed by atoms with Crippen LogP contribution in [0, 0.1) is 0 Å². The van der Waals surface area contributed by atoms with Gasteiger partial charge in [-0.2, -0.15) is 0 Å². The fourth-order valence-corrected chi connectivity index (χ4v) is 1.41. The third-order valence-electron chi connectivity index (χ3n) is 2.43. The molecule has 0 bridgehead atoms. The van der Waals surface area contributed by atoms with Gasteiger partial charge in [0.1, 0.15) is 5.82 Å². The summed E-state index contributed by atoms with van der Waals surface area (Å²) in [7, 11) is 5.38. The number of rotatable bonds is 6. The molecule has 1 aromatic rings. The van der Waals surface area contributed by atoms with Crippen LogP contribution in [-0.4, -0.2) is 54.6 Å². The second-order valence-electron chi connectivity index (χ2n) is 4.39. The highest BCUT2D eigenvalue weighted by molar-refractivity contribution is 5.85. The molecule has 0 radical (unpaired) electrons. The zero-order chi connectivity index (χ0) is 13.5. The minimum atomic E-state index is -0.528. The Balaban J connectivity index is 2.59. The summed E-state index contributed by atoms with van der Waals surface area (Å²) < 4.78 is 4.58. The number of anilines is 1. The quantitative estimate of drug-likeness (QED) is 0.762. The van der Waals surface area contributed by atoms with Gasteiger partial charge in [0.2, 0.25) is 5.82 Å². The average Bonchev–Trinajstić information content (AvgIpc) is 2.35. The molecule has 0 fully saturated rings. The van der Waals surface area contributed by atoms with Crippen molar-refractivity contribution in [3.05, 3.63) is 18.1 Å². The predicted molar refractivity (Wildman–Crippen MR) is 69.6 cm³/mol. The first kappa shape index (κ1) is 14.4. The Labute approximate surface area is 107 Å². The normalized spacial score (nSPS) is 12.3. The number of hydrogen-bond acceptors (Lipinski definition) is 6. The molecule has 0 aliphatic rings. The molecule has 0 saturated heterocycles. The van der Waals surface area contributed by atoms with Crippen molar-refractivity contribution in [3.63, 3.8) is 0 Å². The molecule has 0 aliphatic carbocycles. The molecule has 1 aromatic heterocycles. The van der Waals surface area contributed by atoms with Gasteiger partial charge in [-0.25, -0.2) is 14.8 Å². The van der Waals surface area contributed by atoms with Crippen molar-refractivity contribution in [1.82, 2.24) is 14.9 Å². The van der Waals surface area contributed by atoms with E-state index in [0.29, 0.717) is 5.82 Å². The largest absolute Gasteiger partial charge is 0.463 e. The van der Waals surface area contributed by atoms with Gasteiger partial charge in [-0.05, 0) is 40.1 Å². The fraction of sp³-hybridized carbons (Fsp3) is 0.583. The van der Waals surface area contributed by atoms with Gasteiger partial charge in [0.25, 0.3) is 0 Å². The number of hydrogen-bond donors (Lipinski definition) is 1. The number of carbonyl (C=O) groups is 1. The lowest BCUT2D eigenvalue weighted by Crippen LogP contribution is -2.23. The summed E-state index contributed by atoms with van der Waals surface area (Å²) in [5.74, 6) is 0.179. The summed E-state index contributed by atoms with van der Waals surface area (Å²) in [6, 6.07) is 2.01. The number of esters is 1. The molecule has 1 N–H and O–H groups in total. The minimum absolute atomic E-state index is 0.0716. The van der Waals surface area contributed by atoms with E-state index in [9.17, 15) is 4.79 Å². The molecule has 1 unspecified atom stereocenters. The van der Waals surface area contributed by atoms with E-state index < -0.39 is 5.97 Å². The van der Waals surface area contributed by atoms with E-state index in [2.05, 4.69) is 31.8 Å². The number of aromatic nitrogens is 2. The highest BCUT2D eigenvalue weighted by Gasteiger charge is 2.10. The highest BCUT2D eigenvalue weighted by atomic mass is 16.5. The lowest BCUT2D eigenvalue weighted by molar-refractivity contribution is 0.0587.